The third-order valence-electron chi connectivity index (χ3n) is 8.47. The summed E-state index contributed by atoms with van der Waals surface area (Å²) in [6, 6.07) is 21.6. The summed E-state index contributed by atoms with van der Waals surface area (Å²) in [5.41, 5.74) is 12.8. The minimum Gasteiger partial charge on any atom is -0.354 e. The van der Waals surface area contributed by atoms with Gasteiger partial charge in [0.15, 0.2) is 11.3 Å². The first-order valence-electron chi connectivity index (χ1n) is 15.9. The standard InChI is InChI=1S/C19H21N5.C18H19N5/c1-4-24(3)11-13-5-6-14-10-17(23-16(14)9-13)15-7-8-20-19-18(15)21-12(2)22-19;1-11-20-17-14(6-7-19-18(17)21-11)16-9-13-5-4-12(10-23(2)3)8-15(13)22-16/h5-10,23H,4,11H2,1-3H3,(H,20,21,22);4-9,22H,10H2,1-3H3,(H,19,20,21). The van der Waals surface area contributed by atoms with E-state index in [0.29, 0.717) is 0 Å². The van der Waals surface area contributed by atoms with Crippen molar-refractivity contribution >= 4 is 44.1 Å². The summed E-state index contributed by atoms with van der Waals surface area (Å²) in [5.74, 6) is 1.76. The third-order valence-corrected chi connectivity index (χ3v) is 8.47. The summed E-state index contributed by atoms with van der Waals surface area (Å²) in [4.78, 5) is 35.7. The van der Waals surface area contributed by atoms with Crippen molar-refractivity contribution in [3.05, 3.63) is 95.8 Å². The van der Waals surface area contributed by atoms with E-state index in [1.165, 1.54) is 21.9 Å². The zero-order valence-corrected chi connectivity index (χ0v) is 27.7. The number of pyridine rings is 2. The molecule has 0 aliphatic carbocycles. The van der Waals surface area contributed by atoms with Gasteiger partial charge < -0.3 is 29.7 Å². The number of aryl methyl sites for hydroxylation is 2. The molecular weight excluding hydrogens is 584 g/mol. The van der Waals surface area contributed by atoms with E-state index in [1.54, 1.807) is 6.20 Å². The van der Waals surface area contributed by atoms with Crippen LogP contribution in [0.5, 0.6) is 0 Å². The predicted molar refractivity (Wildman–Crippen MR) is 191 cm³/mol. The zero-order valence-electron chi connectivity index (χ0n) is 27.7. The number of hydrogen-bond acceptors (Lipinski definition) is 6. The lowest BCUT2D eigenvalue weighted by Gasteiger charge is -2.13. The number of nitrogens with one attached hydrogen (secondary N) is 4. The summed E-state index contributed by atoms with van der Waals surface area (Å²) < 4.78 is 0. The third kappa shape index (κ3) is 6.25. The Bertz CT molecular complexity index is 2330. The van der Waals surface area contributed by atoms with Crippen LogP contribution in [0.25, 0.3) is 66.6 Å². The van der Waals surface area contributed by atoms with Gasteiger partial charge in [-0.15, -0.1) is 0 Å². The Morgan fingerprint density at radius 3 is 1.55 bits per heavy atom. The highest BCUT2D eigenvalue weighted by Crippen LogP contribution is 2.30. The monoisotopic (exact) mass is 624 g/mol. The number of imidazole rings is 2. The second-order valence-corrected chi connectivity index (χ2v) is 12.5. The first-order valence-corrected chi connectivity index (χ1v) is 15.9. The van der Waals surface area contributed by atoms with Crippen LogP contribution in [0.4, 0.5) is 0 Å². The van der Waals surface area contributed by atoms with Gasteiger partial charge in [-0.25, -0.2) is 19.9 Å². The SMILES string of the molecule is CCN(C)Cc1ccc2cc(-c3ccnc4nc(C)[nH]c34)[nH]c2c1.Cc1nc2nccc(-c3cc4ccc(CN(C)C)cc4[nH]3)c2[nH]1. The van der Waals surface area contributed by atoms with Crippen LogP contribution in [0.3, 0.4) is 0 Å². The van der Waals surface area contributed by atoms with Gasteiger partial charge in [0.05, 0.1) is 11.0 Å². The van der Waals surface area contributed by atoms with Crippen LogP contribution in [0.2, 0.25) is 0 Å². The van der Waals surface area contributed by atoms with Gasteiger partial charge in [0.25, 0.3) is 0 Å². The molecule has 0 aliphatic rings. The number of aromatic nitrogens is 8. The molecule has 10 nitrogen and oxygen atoms in total. The second kappa shape index (κ2) is 12.5. The zero-order chi connectivity index (χ0) is 32.7. The van der Waals surface area contributed by atoms with Crippen molar-refractivity contribution in [2.75, 3.05) is 27.7 Å². The molecule has 0 amide bonds. The average molecular weight is 625 g/mol. The molecule has 47 heavy (non-hydrogen) atoms. The van der Waals surface area contributed by atoms with Crippen molar-refractivity contribution in [1.82, 2.24) is 49.7 Å². The van der Waals surface area contributed by atoms with Crippen molar-refractivity contribution in [1.29, 1.82) is 0 Å². The van der Waals surface area contributed by atoms with Crippen LogP contribution in [0, 0.1) is 13.8 Å². The van der Waals surface area contributed by atoms with Crippen LogP contribution in [-0.4, -0.2) is 77.4 Å². The summed E-state index contributed by atoms with van der Waals surface area (Å²) in [5, 5.41) is 2.43. The number of nitrogens with zero attached hydrogens (tertiary/aromatic N) is 6. The quantitative estimate of drug-likeness (QED) is 0.147. The highest BCUT2D eigenvalue weighted by Gasteiger charge is 2.13. The number of aromatic amines is 4. The molecule has 238 valence electrons. The molecule has 0 radical (unpaired) electrons. The molecule has 0 fully saturated rings. The smallest absolute Gasteiger partial charge is 0.178 e. The van der Waals surface area contributed by atoms with E-state index in [4.69, 9.17) is 0 Å². The van der Waals surface area contributed by atoms with Crippen LogP contribution in [0.1, 0.15) is 29.7 Å². The highest BCUT2D eigenvalue weighted by molar-refractivity contribution is 5.95. The molecule has 0 bridgehead atoms. The summed E-state index contributed by atoms with van der Waals surface area (Å²) in [7, 11) is 6.30. The first-order chi connectivity index (χ1) is 22.7. The first kappa shape index (κ1) is 30.3. The fourth-order valence-electron chi connectivity index (χ4n) is 6.13. The van der Waals surface area contributed by atoms with E-state index in [-0.39, 0.29) is 0 Å². The Morgan fingerprint density at radius 2 is 1.09 bits per heavy atom. The fraction of sp³-hybridized carbons (Fsp3) is 0.243. The molecule has 6 aromatic heterocycles. The van der Waals surface area contributed by atoms with Gasteiger partial charge in [-0.2, -0.15) is 0 Å². The van der Waals surface area contributed by atoms with Gasteiger partial charge in [0.1, 0.15) is 11.6 Å². The Morgan fingerprint density at radius 1 is 0.596 bits per heavy atom. The minimum atomic E-state index is 0.756. The van der Waals surface area contributed by atoms with Crippen molar-refractivity contribution in [2.24, 2.45) is 0 Å². The molecule has 8 rings (SSSR count). The van der Waals surface area contributed by atoms with E-state index in [0.717, 1.165) is 87.2 Å². The van der Waals surface area contributed by atoms with Crippen molar-refractivity contribution < 1.29 is 0 Å². The van der Waals surface area contributed by atoms with E-state index in [9.17, 15) is 0 Å². The largest absolute Gasteiger partial charge is 0.354 e. The highest BCUT2D eigenvalue weighted by atomic mass is 15.1. The molecular formula is C37H40N10. The summed E-state index contributed by atoms with van der Waals surface area (Å²) in [6.45, 7) is 9.01. The Balaban J connectivity index is 0.000000150. The molecule has 4 N–H and O–H groups in total. The number of fused-ring (bicyclic) bond motifs is 4. The minimum absolute atomic E-state index is 0.756. The summed E-state index contributed by atoms with van der Waals surface area (Å²) in [6.07, 6.45) is 3.62. The van der Waals surface area contributed by atoms with Gasteiger partial charge in [0.2, 0.25) is 0 Å². The Kier molecular flexibility index (Phi) is 8.05. The molecule has 2 aromatic carbocycles. The van der Waals surface area contributed by atoms with Gasteiger partial charge in [-0.3, -0.25) is 0 Å². The predicted octanol–water partition coefficient (Wildman–Crippen LogP) is 7.34. The maximum atomic E-state index is 4.42. The van der Waals surface area contributed by atoms with Gasteiger partial charge in [0, 0.05) is 69.8 Å². The normalized spacial score (nSPS) is 11.8. The van der Waals surface area contributed by atoms with E-state index in [2.05, 4.69) is 126 Å². The van der Waals surface area contributed by atoms with Gasteiger partial charge in [-0.1, -0.05) is 31.2 Å². The van der Waals surface area contributed by atoms with Crippen molar-refractivity contribution in [3.8, 4) is 22.5 Å². The molecule has 0 unspecified atom stereocenters. The van der Waals surface area contributed by atoms with Crippen LogP contribution >= 0.6 is 0 Å². The molecule has 6 heterocycles. The van der Waals surface area contributed by atoms with Crippen LogP contribution in [-0.2, 0) is 13.1 Å². The molecule has 0 saturated carbocycles. The molecule has 0 saturated heterocycles. The Labute approximate surface area is 273 Å². The fourth-order valence-corrected chi connectivity index (χ4v) is 6.13. The van der Waals surface area contributed by atoms with E-state index >= 15 is 0 Å². The van der Waals surface area contributed by atoms with Crippen molar-refractivity contribution in [2.45, 2.75) is 33.9 Å². The topological polar surface area (TPSA) is 121 Å². The van der Waals surface area contributed by atoms with Gasteiger partial charge >= 0.3 is 0 Å². The molecule has 0 aliphatic heterocycles. The molecule has 10 heteroatoms. The lowest BCUT2D eigenvalue weighted by Crippen LogP contribution is -2.16. The molecule has 0 spiro atoms. The number of rotatable bonds is 7. The van der Waals surface area contributed by atoms with Crippen molar-refractivity contribution in [3.63, 3.8) is 0 Å². The number of H-pyrrole nitrogens is 4. The van der Waals surface area contributed by atoms with E-state index in [1.807, 2.05) is 32.2 Å². The molecule has 8 aromatic rings. The average Bonchev–Trinajstić information content (AvgIpc) is 3.83. The second-order valence-electron chi connectivity index (χ2n) is 12.5. The number of hydrogen-bond donors (Lipinski definition) is 4. The maximum Gasteiger partial charge on any atom is 0.178 e. The van der Waals surface area contributed by atoms with Crippen LogP contribution < -0.4 is 0 Å². The van der Waals surface area contributed by atoms with Gasteiger partial charge in [-0.05, 0) is 89.1 Å². The lowest BCUT2D eigenvalue weighted by molar-refractivity contribution is 0.346. The van der Waals surface area contributed by atoms with E-state index < -0.39 is 0 Å². The maximum absolute atomic E-state index is 4.42. The molecule has 0 atom stereocenters. The Hall–Kier alpha value is -5.32. The number of benzene rings is 2. The van der Waals surface area contributed by atoms with Crippen LogP contribution in [0.15, 0.2) is 73.1 Å². The lowest BCUT2D eigenvalue weighted by atomic mass is 10.1. The summed E-state index contributed by atoms with van der Waals surface area (Å²) >= 11 is 0.